The molecular weight excluding hydrogens is 397 g/mol. The molecule has 0 saturated carbocycles. The fraction of sp³-hybridized carbons (Fsp3) is 0.0625. The molecule has 0 spiro atoms. The van der Waals surface area contributed by atoms with Crippen LogP contribution < -0.4 is 5.43 Å². The van der Waals surface area contributed by atoms with Gasteiger partial charge in [0.15, 0.2) is 11.6 Å². The molecule has 2 amide bonds. The van der Waals surface area contributed by atoms with Gasteiger partial charge in [0.1, 0.15) is 26.7 Å². The third-order valence-corrected chi connectivity index (χ3v) is 4.89. The van der Waals surface area contributed by atoms with Crippen molar-refractivity contribution in [3.05, 3.63) is 46.0 Å². The summed E-state index contributed by atoms with van der Waals surface area (Å²) in [4.78, 5) is 32.8. The first-order chi connectivity index (χ1) is 12.5. The number of carbonyl (C=O) groups is 2. The van der Waals surface area contributed by atoms with Crippen LogP contribution in [0.2, 0.25) is 0 Å². The van der Waals surface area contributed by atoms with Gasteiger partial charge in [0.05, 0.1) is 0 Å². The Labute approximate surface area is 162 Å². The first-order valence-electron chi connectivity index (χ1n) is 7.10. The maximum atomic E-state index is 12.1. The first-order valence-corrected chi connectivity index (χ1v) is 9.08. The zero-order valence-corrected chi connectivity index (χ0v) is 15.5. The lowest BCUT2D eigenvalue weighted by atomic mass is 10.2. The van der Waals surface area contributed by atoms with Crippen LogP contribution in [-0.4, -0.2) is 33.0 Å². The third kappa shape index (κ3) is 3.12. The van der Waals surface area contributed by atoms with Gasteiger partial charge in [-0.25, -0.2) is 9.97 Å². The standard InChI is InChI=1S/C16H9Cl2N5O2S/c1-26-14-9(7-19)13(20-12(21-14)8-5-3-2-4-6-8)22-23-15(24)10(17)11(18)16(23)25/h2-6H,1H3,(H,20,21,22). The van der Waals surface area contributed by atoms with E-state index in [9.17, 15) is 14.9 Å². The minimum Gasteiger partial charge on any atom is -0.270 e. The number of rotatable bonds is 4. The number of amides is 2. The molecule has 1 aromatic heterocycles. The molecule has 0 unspecified atom stereocenters. The largest absolute Gasteiger partial charge is 0.293 e. The van der Waals surface area contributed by atoms with Gasteiger partial charge in [-0.3, -0.25) is 15.0 Å². The van der Waals surface area contributed by atoms with Gasteiger partial charge in [-0.05, 0) is 6.26 Å². The summed E-state index contributed by atoms with van der Waals surface area (Å²) in [7, 11) is 0. The molecule has 1 aliphatic rings. The van der Waals surface area contributed by atoms with Crippen molar-refractivity contribution in [2.75, 3.05) is 11.7 Å². The number of anilines is 1. The van der Waals surface area contributed by atoms with Crippen LogP contribution in [0.15, 0.2) is 45.4 Å². The topological polar surface area (TPSA) is 99.0 Å². The average Bonchev–Trinajstić information content (AvgIpc) is 2.85. The molecule has 10 heteroatoms. The van der Waals surface area contributed by atoms with Gasteiger partial charge in [-0.1, -0.05) is 53.5 Å². The molecule has 0 atom stereocenters. The number of hydrogen-bond donors (Lipinski definition) is 1. The number of benzene rings is 1. The fourth-order valence-electron chi connectivity index (χ4n) is 2.17. The summed E-state index contributed by atoms with van der Waals surface area (Å²) in [6.07, 6.45) is 1.75. The Hall–Kier alpha value is -2.60. The van der Waals surface area contributed by atoms with E-state index in [0.717, 1.165) is 0 Å². The fourth-order valence-corrected chi connectivity index (χ4v) is 3.02. The van der Waals surface area contributed by atoms with Crippen LogP contribution in [0.4, 0.5) is 5.82 Å². The van der Waals surface area contributed by atoms with Gasteiger partial charge in [0.25, 0.3) is 11.8 Å². The van der Waals surface area contributed by atoms with E-state index in [4.69, 9.17) is 23.2 Å². The molecule has 3 rings (SSSR count). The lowest BCUT2D eigenvalue weighted by molar-refractivity contribution is -0.135. The van der Waals surface area contributed by atoms with Gasteiger partial charge < -0.3 is 0 Å². The van der Waals surface area contributed by atoms with Crippen LogP contribution in [-0.2, 0) is 9.59 Å². The van der Waals surface area contributed by atoms with E-state index in [1.807, 2.05) is 24.3 Å². The SMILES string of the molecule is CSc1nc(-c2ccccc2)nc(NN2C(=O)C(Cl)=C(Cl)C2=O)c1C#N. The molecule has 2 heterocycles. The number of nitrogens with one attached hydrogen (secondary N) is 1. The molecule has 1 aliphatic heterocycles. The van der Waals surface area contributed by atoms with Crippen LogP contribution in [0.5, 0.6) is 0 Å². The normalized spacial score (nSPS) is 14.0. The van der Waals surface area contributed by atoms with E-state index >= 15 is 0 Å². The van der Waals surface area contributed by atoms with E-state index in [0.29, 0.717) is 21.4 Å². The Bertz CT molecular complexity index is 964. The van der Waals surface area contributed by atoms with Crippen LogP contribution in [0.25, 0.3) is 11.4 Å². The van der Waals surface area contributed by atoms with Gasteiger partial charge in [-0.2, -0.15) is 10.3 Å². The second kappa shape index (κ2) is 7.33. The Morgan fingerprint density at radius 2 is 1.73 bits per heavy atom. The summed E-state index contributed by atoms with van der Waals surface area (Å²) in [5.41, 5.74) is 3.35. The average molecular weight is 406 g/mol. The number of halogens is 2. The van der Waals surface area contributed by atoms with Crippen molar-refractivity contribution in [3.8, 4) is 17.5 Å². The van der Waals surface area contributed by atoms with E-state index in [-0.39, 0.29) is 11.4 Å². The van der Waals surface area contributed by atoms with E-state index in [1.54, 1.807) is 18.4 Å². The molecule has 0 fully saturated rings. The summed E-state index contributed by atoms with van der Waals surface area (Å²) < 4.78 is 0. The number of imide groups is 1. The highest BCUT2D eigenvalue weighted by molar-refractivity contribution is 7.98. The second-order valence-corrected chi connectivity index (χ2v) is 6.49. The summed E-state index contributed by atoms with van der Waals surface area (Å²) in [5, 5.41) is 9.69. The van der Waals surface area contributed by atoms with Gasteiger partial charge in [-0.15, -0.1) is 11.8 Å². The van der Waals surface area contributed by atoms with Gasteiger partial charge in [0.2, 0.25) is 0 Å². The Morgan fingerprint density at radius 3 is 2.27 bits per heavy atom. The lowest BCUT2D eigenvalue weighted by Gasteiger charge is -2.18. The molecule has 7 nitrogen and oxygen atoms in total. The number of aromatic nitrogens is 2. The molecule has 0 radical (unpaired) electrons. The monoisotopic (exact) mass is 405 g/mol. The maximum Gasteiger partial charge on any atom is 0.293 e. The number of carbonyl (C=O) groups excluding carboxylic acids is 2. The third-order valence-electron chi connectivity index (χ3n) is 3.41. The molecule has 0 bridgehead atoms. The van der Waals surface area contributed by atoms with E-state index in [2.05, 4.69) is 15.4 Å². The van der Waals surface area contributed by atoms with Crippen LogP contribution in [0.1, 0.15) is 5.56 Å². The summed E-state index contributed by atoms with van der Waals surface area (Å²) in [6, 6.07) is 11.1. The quantitative estimate of drug-likeness (QED) is 0.473. The summed E-state index contributed by atoms with van der Waals surface area (Å²) in [6.45, 7) is 0. The smallest absolute Gasteiger partial charge is 0.270 e. The number of thioether (sulfide) groups is 1. The van der Waals surface area contributed by atoms with Crippen molar-refractivity contribution in [1.29, 1.82) is 5.26 Å². The molecule has 0 saturated heterocycles. The zero-order chi connectivity index (χ0) is 18.8. The van der Waals surface area contributed by atoms with E-state index < -0.39 is 21.9 Å². The van der Waals surface area contributed by atoms with E-state index in [1.165, 1.54) is 11.8 Å². The summed E-state index contributed by atoms with van der Waals surface area (Å²) in [5.74, 6) is -1.31. The Kier molecular flexibility index (Phi) is 5.13. The van der Waals surface area contributed by atoms with Crippen molar-refractivity contribution in [2.24, 2.45) is 0 Å². The maximum absolute atomic E-state index is 12.1. The highest BCUT2D eigenvalue weighted by Gasteiger charge is 2.38. The number of nitriles is 1. The van der Waals surface area contributed by atoms with Crippen LogP contribution in [0.3, 0.4) is 0 Å². The lowest BCUT2D eigenvalue weighted by Crippen LogP contribution is -2.37. The highest BCUT2D eigenvalue weighted by Crippen LogP contribution is 2.30. The Morgan fingerprint density at radius 1 is 1.12 bits per heavy atom. The second-order valence-electron chi connectivity index (χ2n) is 4.94. The summed E-state index contributed by atoms with van der Waals surface area (Å²) >= 11 is 12.7. The molecular formula is C16H9Cl2N5O2S. The minimum atomic E-state index is -0.823. The zero-order valence-electron chi connectivity index (χ0n) is 13.2. The minimum absolute atomic E-state index is 0.00300. The molecule has 1 N–H and O–H groups in total. The van der Waals surface area contributed by atoms with Crippen molar-refractivity contribution >= 4 is 52.6 Å². The van der Waals surface area contributed by atoms with Crippen molar-refractivity contribution < 1.29 is 9.59 Å². The number of hydrazine groups is 1. The Balaban J connectivity index is 2.08. The van der Waals surface area contributed by atoms with Crippen molar-refractivity contribution in [3.63, 3.8) is 0 Å². The van der Waals surface area contributed by atoms with Crippen molar-refractivity contribution in [1.82, 2.24) is 15.0 Å². The van der Waals surface area contributed by atoms with Gasteiger partial charge >= 0.3 is 0 Å². The molecule has 1 aromatic carbocycles. The number of hydrogen-bond acceptors (Lipinski definition) is 7. The highest BCUT2D eigenvalue weighted by atomic mass is 35.5. The first kappa shape index (κ1) is 18.2. The van der Waals surface area contributed by atoms with Crippen LogP contribution in [0, 0.1) is 11.3 Å². The molecule has 130 valence electrons. The predicted octanol–water partition coefficient (Wildman–Crippen LogP) is 3.12. The molecule has 2 aromatic rings. The number of nitrogens with zero attached hydrogens (tertiary/aromatic N) is 4. The molecule has 26 heavy (non-hydrogen) atoms. The molecule has 0 aliphatic carbocycles. The van der Waals surface area contributed by atoms with Gasteiger partial charge in [0, 0.05) is 5.56 Å². The predicted molar refractivity (Wildman–Crippen MR) is 98.2 cm³/mol. The van der Waals surface area contributed by atoms with Crippen molar-refractivity contribution in [2.45, 2.75) is 5.03 Å². The van der Waals surface area contributed by atoms with Crippen LogP contribution >= 0.6 is 35.0 Å².